The van der Waals surface area contributed by atoms with Gasteiger partial charge in [0.15, 0.2) is 5.78 Å². The van der Waals surface area contributed by atoms with E-state index in [0.29, 0.717) is 5.92 Å². The summed E-state index contributed by atoms with van der Waals surface area (Å²) in [7, 11) is 0. The number of Topliss-reactive ketones (excluding diaryl/α,β-unsaturated/α-hetero) is 1. The number of fused-ring (bicyclic) bond motifs is 1. The smallest absolute Gasteiger partial charge is 0.171 e. The van der Waals surface area contributed by atoms with Gasteiger partial charge in [-0.15, -0.1) is 0 Å². The first-order valence-electron chi connectivity index (χ1n) is 7.24. The second-order valence-corrected chi connectivity index (χ2v) is 5.94. The van der Waals surface area contributed by atoms with Crippen LogP contribution in [0.25, 0.3) is 10.9 Å². The highest BCUT2D eigenvalue weighted by Gasteiger charge is 2.44. The maximum absolute atomic E-state index is 13.2. The Kier molecular flexibility index (Phi) is 3.30. The Morgan fingerprint density at radius 3 is 2.85 bits per heavy atom. The first-order valence-corrected chi connectivity index (χ1v) is 7.24. The van der Waals surface area contributed by atoms with Crippen LogP contribution in [0.3, 0.4) is 0 Å². The summed E-state index contributed by atoms with van der Waals surface area (Å²) < 4.78 is 0. The molecule has 3 heteroatoms. The number of carbonyl (C=O) groups is 1. The SMILES string of the molecule is CC(C)C1(C(=O)c2cccc3ncccc23)CCNC1. The topological polar surface area (TPSA) is 42.0 Å². The Bertz CT molecular complexity index is 637. The van der Waals surface area contributed by atoms with Gasteiger partial charge in [0.1, 0.15) is 0 Å². The van der Waals surface area contributed by atoms with E-state index in [2.05, 4.69) is 24.1 Å². The average Bonchev–Trinajstić information content (AvgIpc) is 2.97. The summed E-state index contributed by atoms with van der Waals surface area (Å²) in [5.41, 5.74) is 1.43. The van der Waals surface area contributed by atoms with Crippen molar-refractivity contribution >= 4 is 16.7 Å². The van der Waals surface area contributed by atoms with E-state index in [-0.39, 0.29) is 11.2 Å². The molecule has 0 spiro atoms. The van der Waals surface area contributed by atoms with Gasteiger partial charge in [-0.05, 0) is 31.0 Å². The number of nitrogens with one attached hydrogen (secondary N) is 1. The molecule has 1 aliphatic rings. The van der Waals surface area contributed by atoms with Crippen LogP contribution in [0.2, 0.25) is 0 Å². The molecule has 1 aromatic carbocycles. The van der Waals surface area contributed by atoms with Crippen LogP contribution in [-0.2, 0) is 0 Å². The number of rotatable bonds is 3. The largest absolute Gasteiger partial charge is 0.316 e. The third kappa shape index (κ3) is 1.93. The minimum atomic E-state index is -0.274. The van der Waals surface area contributed by atoms with Crippen LogP contribution in [-0.4, -0.2) is 23.9 Å². The number of carbonyl (C=O) groups excluding carboxylic acids is 1. The Hall–Kier alpha value is -1.74. The van der Waals surface area contributed by atoms with E-state index < -0.39 is 0 Å². The molecule has 1 aliphatic heterocycles. The number of nitrogens with zero attached hydrogens (tertiary/aromatic N) is 1. The van der Waals surface area contributed by atoms with E-state index >= 15 is 0 Å². The van der Waals surface area contributed by atoms with Gasteiger partial charge in [0.25, 0.3) is 0 Å². The van der Waals surface area contributed by atoms with Crippen molar-refractivity contribution in [2.24, 2.45) is 11.3 Å². The van der Waals surface area contributed by atoms with Gasteiger partial charge in [-0.2, -0.15) is 0 Å². The fourth-order valence-corrected chi connectivity index (χ4v) is 3.23. The van der Waals surface area contributed by atoms with Crippen molar-refractivity contribution in [3.05, 3.63) is 42.1 Å². The molecular weight excluding hydrogens is 248 g/mol. The molecule has 104 valence electrons. The minimum absolute atomic E-state index is 0.260. The highest BCUT2D eigenvalue weighted by molar-refractivity contribution is 6.10. The Balaban J connectivity index is 2.13. The quantitative estimate of drug-likeness (QED) is 0.870. The zero-order valence-electron chi connectivity index (χ0n) is 12.0. The van der Waals surface area contributed by atoms with E-state index in [1.54, 1.807) is 6.20 Å². The molecule has 0 saturated carbocycles. The summed E-state index contributed by atoms with van der Waals surface area (Å²) in [6.07, 6.45) is 2.69. The summed E-state index contributed by atoms with van der Waals surface area (Å²) in [4.78, 5) is 17.5. The molecule has 1 unspecified atom stereocenters. The number of pyridine rings is 1. The van der Waals surface area contributed by atoms with Crippen LogP contribution in [0.5, 0.6) is 0 Å². The van der Waals surface area contributed by atoms with Crippen LogP contribution in [0, 0.1) is 11.3 Å². The first kappa shape index (κ1) is 13.3. The summed E-state index contributed by atoms with van der Waals surface area (Å²) in [6, 6.07) is 9.72. The van der Waals surface area contributed by atoms with Crippen molar-refractivity contribution in [1.82, 2.24) is 10.3 Å². The van der Waals surface area contributed by atoms with Crippen LogP contribution in [0.1, 0.15) is 30.6 Å². The zero-order valence-corrected chi connectivity index (χ0v) is 12.0. The van der Waals surface area contributed by atoms with E-state index in [9.17, 15) is 4.79 Å². The molecule has 2 aromatic rings. The van der Waals surface area contributed by atoms with Gasteiger partial charge in [0, 0.05) is 29.1 Å². The summed E-state index contributed by atoms with van der Waals surface area (Å²) in [5.74, 6) is 0.591. The van der Waals surface area contributed by atoms with Gasteiger partial charge in [0.05, 0.1) is 5.52 Å². The van der Waals surface area contributed by atoms with E-state index in [0.717, 1.165) is 36.0 Å². The van der Waals surface area contributed by atoms with Gasteiger partial charge in [0.2, 0.25) is 0 Å². The maximum atomic E-state index is 13.2. The summed E-state index contributed by atoms with van der Waals surface area (Å²) in [5, 5.41) is 4.32. The fourth-order valence-electron chi connectivity index (χ4n) is 3.23. The molecule has 1 N–H and O–H groups in total. The molecule has 1 aromatic heterocycles. The third-order valence-electron chi connectivity index (χ3n) is 4.64. The van der Waals surface area contributed by atoms with Gasteiger partial charge >= 0.3 is 0 Å². The zero-order chi connectivity index (χ0) is 14.2. The van der Waals surface area contributed by atoms with Gasteiger partial charge < -0.3 is 5.32 Å². The Labute approximate surface area is 119 Å². The molecule has 1 atom stereocenters. The van der Waals surface area contributed by atoms with Gasteiger partial charge in [-0.3, -0.25) is 9.78 Å². The Morgan fingerprint density at radius 2 is 2.15 bits per heavy atom. The standard InChI is InChI=1S/C17H20N2O/c1-12(2)17(8-10-18-11-17)16(20)14-5-3-7-15-13(14)6-4-9-19-15/h3-7,9,12,18H,8,10-11H2,1-2H3. The molecule has 0 amide bonds. The Morgan fingerprint density at radius 1 is 1.30 bits per heavy atom. The van der Waals surface area contributed by atoms with Crippen LogP contribution in [0.4, 0.5) is 0 Å². The van der Waals surface area contributed by atoms with E-state index in [1.165, 1.54) is 0 Å². The number of aromatic nitrogens is 1. The average molecular weight is 268 g/mol. The highest BCUT2D eigenvalue weighted by Crippen LogP contribution is 2.38. The molecule has 20 heavy (non-hydrogen) atoms. The van der Waals surface area contributed by atoms with Gasteiger partial charge in [-0.25, -0.2) is 0 Å². The van der Waals surface area contributed by atoms with Crippen molar-refractivity contribution in [3.63, 3.8) is 0 Å². The normalized spacial score (nSPS) is 22.6. The minimum Gasteiger partial charge on any atom is -0.316 e. The van der Waals surface area contributed by atoms with Crippen LogP contribution in [0.15, 0.2) is 36.5 Å². The summed E-state index contributed by atoms with van der Waals surface area (Å²) >= 11 is 0. The molecule has 1 saturated heterocycles. The molecule has 0 aliphatic carbocycles. The van der Waals surface area contributed by atoms with Crippen molar-refractivity contribution < 1.29 is 4.79 Å². The van der Waals surface area contributed by atoms with Crippen molar-refractivity contribution in [2.75, 3.05) is 13.1 Å². The van der Waals surface area contributed by atoms with Gasteiger partial charge in [-0.1, -0.05) is 32.0 Å². The molecule has 2 heterocycles. The third-order valence-corrected chi connectivity index (χ3v) is 4.64. The number of hydrogen-bond acceptors (Lipinski definition) is 3. The van der Waals surface area contributed by atoms with Crippen LogP contribution < -0.4 is 5.32 Å². The second-order valence-electron chi connectivity index (χ2n) is 5.94. The van der Waals surface area contributed by atoms with Crippen molar-refractivity contribution in [2.45, 2.75) is 20.3 Å². The number of ketones is 1. The molecular formula is C17H20N2O. The second kappa shape index (κ2) is 4.98. The lowest BCUT2D eigenvalue weighted by atomic mass is 9.70. The number of benzene rings is 1. The summed E-state index contributed by atoms with van der Waals surface area (Å²) in [6.45, 7) is 6.00. The molecule has 0 radical (unpaired) electrons. The lowest BCUT2D eigenvalue weighted by molar-refractivity contribution is 0.0742. The van der Waals surface area contributed by atoms with Crippen molar-refractivity contribution in [3.8, 4) is 0 Å². The fraction of sp³-hybridized carbons (Fsp3) is 0.412. The molecule has 0 bridgehead atoms. The lowest BCUT2D eigenvalue weighted by Gasteiger charge is -2.31. The predicted octanol–water partition coefficient (Wildman–Crippen LogP) is 3.05. The van der Waals surface area contributed by atoms with E-state index in [1.807, 2.05) is 30.3 Å². The lowest BCUT2D eigenvalue weighted by Crippen LogP contribution is -2.38. The van der Waals surface area contributed by atoms with Crippen molar-refractivity contribution in [1.29, 1.82) is 0 Å². The molecule has 1 fully saturated rings. The molecule has 3 rings (SSSR count). The highest BCUT2D eigenvalue weighted by atomic mass is 16.1. The van der Waals surface area contributed by atoms with Crippen LogP contribution >= 0.6 is 0 Å². The molecule has 3 nitrogen and oxygen atoms in total. The predicted molar refractivity (Wildman–Crippen MR) is 80.8 cm³/mol. The maximum Gasteiger partial charge on any atom is 0.171 e. The number of hydrogen-bond donors (Lipinski definition) is 1. The monoisotopic (exact) mass is 268 g/mol. The first-order chi connectivity index (χ1) is 9.65. The van der Waals surface area contributed by atoms with E-state index in [4.69, 9.17) is 0 Å².